The van der Waals surface area contributed by atoms with Gasteiger partial charge in [0.25, 0.3) is 5.91 Å². The van der Waals surface area contributed by atoms with Crippen LogP contribution in [-0.2, 0) is 6.42 Å². The Labute approximate surface area is 221 Å². The van der Waals surface area contributed by atoms with E-state index < -0.39 is 0 Å². The van der Waals surface area contributed by atoms with Crippen LogP contribution in [0.5, 0.6) is 0 Å². The summed E-state index contributed by atoms with van der Waals surface area (Å²) in [5.41, 5.74) is 7.10. The highest BCUT2D eigenvalue weighted by Crippen LogP contribution is 2.35. The predicted molar refractivity (Wildman–Crippen MR) is 148 cm³/mol. The molecule has 0 saturated heterocycles. The molecule has 3 nitrogen and oxygen atoms in total. The van der Waals surface area contributed by atoms with Crippen molar-refractivity contribution in [3.8, 4) is 33.5 Å². The monoisotopic (exact) mass is 508 g/mol. The molecule has 0 unspecified atom stereocenters. The average molecular weight is 509 g/mol. The number of benzene rings is 4. The summed E-state index contributed by atoms with van der Waals surface area (Å²) in [5, 5.41) is 5.12. The van der Waals surface area contributed by atoms with Crippen molar-refractivity contribution in [1.82, 2.24) is 9.78 Å². The molecule has 0 fully saturated rings. The Kier molecular flexibility index (Phi) is 7.02. The summed E-state index contributed by atoms with van der Waals surface area (Å²) in [6, 6.07) is 27.9. The van der Waals surface area contributed by atoms with Crippen LogP contribution in [0.1, 0.15) is 34.8 Å². The highest BCUT2D eigenvalue weighted by Gasteiger charge is 2.21. The topological polar surface area (TPSA) is 34.9 Å². The zero-order valence-corrected chi connectivity index (χ0v) is 21.5. The predicted octanol–water partition coefficient (Wildman–Crippen LogP) is 8.63. The molecule has 5 aromatic rings. The van der Waals surface area contributed by atoms with E-state index in [0.29, 0.717) is 21.8 Å². The summed E-state index contributed by atoms with van der Waals surface area (Å²) in [5.74, 6) is -0.461. The van der Waals surface area contributed by atoms with E-state index in [2.05, 4.69) is 12.0 Å². The van der Waals surface area contributed by atoms with E-state index in [0.717, 1.165) is 46.2 Å². The van der Waals surface area contributed by atoms with E-state index in [1.807, 2.05) is 79.7 Å². The Morgan fingerprint density at radius 3 is 2.11 bits per heavy atom. The van der Waals surface area contributed by atoms with Gasteiger partial charge in [-0.05, 0) is 60.4 Å². The van der Waals surface area contributed by atoms with E-state index in [4.69, 9.17) is 11.6 Å². The van der Waals surface area contributed by atoms with Gasteiger partial charge in [0, 0.05) is 27.3 Å². The Bertz CT molecular complexity index is 1550. The van der Waals surface area contributed by atoms with Gasteiger partial charge in [0.2, 0.25) is 0 Å². The first-order valence-electron chi connectivity index (χ1n) is 12.3. The Hall–Kier alpha value is -4.02. The molecule has 0 spiro atoms. The number of halogens is 2. The van der Waals surface area contributed by atoms with Gasteiger partial charge in [-0.15, -0.1) is 0 Å². The van der Waals surface area contributed by atoms with Gasteiger partial charge in [0.05, 0.1) is 11.9 Å². The number of carbonyl (C=O) groups is 1. The molecule has 0 aliphatic carbocycles. The molecule has 37 heavy (non-hydrogen) atoms. The number of carbonyl (C=O) groups excluding carboxylic acids is 1. The van der Waals surface area contributed by atoms with Crippen LogP contribution in [0.15, 0.2) is 97.2 Å². The van der Waals surface area contributed by atoms with E-state index in [9.17, 15) is 9.18 Å². The van der Waals surface area contributed by atoms with Gasteiger partial charge in [-0.1, -0.05) is 91.2 Å². The zero-order valence-electron chi connectivity index (χ0n) is 20.7. The van der Waals surface area contributed by atoms with Gasteiger partial charge in [-0.3, -0.25) is 4.79 Å². The number of nitrogens with zero attached hydrogens (tertiary/aromatic N) is 2. The summed E-state index contributed by atoms with van der Waals surface area (Å²) in [6.45, 7) is 4.06. The summed E-state index contributed by atoms with van der Waals surface area (Å²) >= 11 is 6.11. The smallest absolute Gasteiger partial charge is 0.267 e. The third kappa shape index (κ3) is 5.11. The molecular weight excluding hydrogens is 483 g/mol. The molecule has 0 saturated carbocycles. The van der Waals surface area contributed by atoms with E-state index >= 15 is 0 Å². The summed E-state index contributed by atoms with van der Waals surface area (Å²) in [7, 11) is 0. The molecule has 5 rings (SSSR count). The van der Waals surface area contributed by atoms with Crippen molar-refractivity contribution >= 4 is 17.5 Å². The van der Waals surface area contributed by atoms with Gasteiger partial charge < -0.3 is 0 Å². The highest BCUT2D eigenvalue weighted by molar-refractivity contribution is 6.30. The maximum atomic E-state index is 14.9. The summed E-state index contributed by atoms with van der Waals surface area (Å²) in [4.78, 5) is 13.5. The molecular formula is C32H26ClFN2O. The third-order valence-electron chi connectivity index (χ3n) is 6.46. The Morgan fingerprint density at radius 2 is 1.46 bits per heavy atom. The fourth-order valence-electron chi connectivity index (χ4n) is 4.48. The zero-order chi connectivity index (χ0) is 25.9. The number of hydrogen-bond donors (Lipinski definition) is 0. The fraction of sp³-hybridized carbons (Fsp3) is 0.125. The van der Waals surface area contributed by atoms with Crippen molar-refractivity contribution in [3.63, 3.8) is 0 Å². The van der Waals surface area contributed by atoms with Crippen LogP contribution < -0.4 is 0 Å². The normalized spacial score (nSPS) is 11.0. The molecule has 0 radical (unpaired) electrons. The molecule has 0 amide bonds. The molecule has 0 atom stereocenters. The first-order chi connectivity index (χ1) is 17.9. The molecule has 0 N–H and O–H groups in total. The van der Waals surface area contributed by atoms with Gasteiger partial charge >= 0.3 is 0 Å². The molecule has 1 aromatic heterocycles. The second-order valence-electron chi connectivity index (χ2n) is 9.14. The molecule has 0 aliphatic rings. The lowest BCUT2D eigenvalue weighted by atomic mass is 9.97. The van der Waals surface area contributed by atoms with Crippen molar-refractivity contribution in [2.24, 2.45) is 0 Å². The molecule has 1 heterocycles. The quantitative estimate of drug-likeness (QED) is 0.230. The van der Waals surface area contributed by atoms with Crippen molar-refractivity contribution in [1.29, 1.82) is 0 Å². The lowest BCUT2D eigenvalue weighted by Crippen LogP contribution is -2.15. The van der Waals surface area contributed by atoms with Crippen LogP contribution in [0.25, 0.3) is 33.5 Å². The molecule has 184 valence electrons. The summed E-state index contributed by atoms with van der Waals surface area (Å²) in [6.07, 6.45) is 3.52. The van der Waals surface area contributed by atoms with Gasteiger partial charge in [0.15, 0.2) is 0 Å². The maximum absolute atomic E-state index is 14.9. The van der Waals surface area contributed by atoms with Gasteiger partial charge in [-0.25, -0.2) is 4.39 Å². The van der Waals surface area contributed by atoms with Crippen molar-refractivity contribution in [2.45, 2.75) is 26.7 Å². The molecule has 5 heteroatoms. The van der Waals surface area contributed by atoms with Crippen LogP contribution in [-0.4, -0.2) is 15.7 Å². The first-order valence-corrected chi connectivity index (χ1v) is 12.7. The standard InChI is InChI=1S/C32H26ClFN2O/c1-3-4-22-7-18-28(30(34)19-22)23-10-12-25(13-11-23)31-29(24-14-16-27(33)17-15-24)20-35-36(31)32(37)26-8-5-21(2)6-9-26/h5-20H,3-4H2,1-2H3. The molecule has 4 aromatic carbocycles. The first kappa shape index (κ1) is 24.7. The van der Waals surface area contributed by atoms with Crippen LogP contribution in [0, 0.1) is 12.7 Å². The van der Waals surface area contributed by atoms with Crippen LogP contribution in [0.3, 0.4) is 0 Å². The minimum atomic E-state index is -0.236. The van der Waals surface area contributed by atoms with Crippen LogP contribution in [0.2, 0.25) is 5.02 Å². The van der Waals surface area contributed by atoms with Gasteiger partial charge in [0.1, 0.15) is 5.82 Å². The van der Waals surface area contributed by atoms with E-state index in [-0.39, 0.29) is 11.7 Å². The minimum Gasteiger partial charge on any atom is -0.267 e. The molecule has 0 bridgehead atoms. The number of hydrogen-bond acceptors (Lipinski definition) is 2. The van der Waals surface area contributed by atoms with Crippen LogP contribution >= 0.6 is 11.6 Å². The second-order valence-corrected chi connectivity index (χ2v) is 9.57. The lowest BCUT2D eigenvalue weighted by Gasteiger charge is -2.12. The van der Waals surface area contributed by atoms with Crippen molar-refractivity contribution < 1.29 is 9.18 Å². The number of aryl methyl sites for hydroxylation is 2. The fourth-order valence-corrected chi connectivity index (χ4v) is 4.61. The van der Waals surface area contributed by atoms with E-state index in [1.54, 1.807) is 24.4 Å². The Morgan fingerprint density at radius 1 is 0.838 bits per heavy atom. The average Bonchev–Trinajstić information content (AvgIpc) is 3.35. The second kappa shape index (κ2) is 10.5. The minimum absolute atomic E-state index is 0.225. The molecule has 0 aliphatic heterocycles. The Balaban J connectivity index is 1.59. The van der Waals surface area contributed by atoms with Crippen molar-refractivity contribution in [3.05, 3.63) is 125 Å². The maximum Gasteiger partial charge on any atom is 0.278 e. The highest BCUT2D eigenvalue weighted by atomic mass is 35.5. The van der Waals surface area contributed by atoms with E-state index in [1.165, 1.54) is 4.68 Å². The number of aromatic nitrogens is 2. The lowest BCUT2D eigenvalue weighted by molar-refractivity contribution is 0.0947. The van der Waals surface area contributed by atoms with Crippen molar-refractivity contribution in [2.75, 3.05) is 0 Å². The SMILES string of the molecule is CCCc1ccc(-c2ccc(-c3c(-c4ccc(Cl)cc4)cnn3C(=O)c3ccc(C)cc3)cc2)c(F)c1. The van der Waals surface area contributed by atoms with Crippen LogP contribution in [0.4, 0.5) is 4.39 Å². The number of rotatable bonds is 6. The summed E-state index contributed by atoms with van der Waals surface area (Å²) < 4.78 is 16.3. The largest absolute Gasteiger partial charge is 0.278 e. The van der Waals surface area contributed by atoms with Gasteiger partial charge in [-0.2, -0.15) is 9.78 Å². The third-order valence-corrected chi connectivity index (χ3v) is 6.71.